The monoisotopic (exact) mass is 418 g/mol. The number of aliphatic hydroxyl groups excluding tert-OH is 1. The van der Waals surface area contributed by atoms with Gasteiger partial charge in [0.1, 0.15) is 5.82 Å². The highest BCUT2D eigenvalue weighted by atomic mass is 19.1. The molecule has 0 unspecified atom stereocenters. The summed E-state index contributed by atoms with van der Waals surface area (Å²) in [7, 11) is 1.99. The Labute approximate surface area is 182 Å². The molecule has 5 heteroatoms. The van der Waals surface area contributed by atoms with Crippen LogP contribution in [0.3, 0.4) is 0 Å². The number of halogens is 1. The van der Waals surface area contributed by atoms with E-state index in [9.17, 15) is 14.3 Å². The normalized spacial score (nSPS) is 14.4. The lowest BCUT2D eigenvalue weighted by molar-refractivity contribution is 0.0981. The van der Waals surface area contributed by atoms with Gasteiger partial charge in [0.15, 0.2) is 0 Å². The van der Waals surface area contributed by atoms with Crippen LogP contribution in [0, 0.1) is 5.82 Å². The van der Waals surface area contributed by atoms with Crippen LogP contribution in [0.2, 0.25) is 0 Å². The summed E-state index contributed by atoms with van der Waals surface area (Å²) in [5.41, 5.74) is 3.93. The van der Waals surface area contributed by atoms with Crippen LogP contribution in [0.25, 0.3) is 0 Å². The summed E-state index contributed by atoms with van der Waals surface area (Å²) in [6, 6.07) is 22.0. The number of hydrogen-bond donors (Lipinski definition) is 1. The molecule has 0 radical (unpaired) electrons. The average Bonchev–Trinajstić information content (AvgIpc) is 2.78. The molecule has 31 heavy (non-hydrogen) atoms. The maximum atomic E-state index is 14.1. The van der Waals surface area contributed by atoms with Crippen molar-refractivity contribution in [2.45, 2.75) is 25.5 Å². The zero-order valence-corrected chi connectivity index (χ0v) is 17.7. The molecular weight excluding hydrogens is 391 g/mol. The number of anilines is 1. The van der Waals surface area contributed by atoms with Gasteiger partial charge in [-0.3, -0.25) is 9.69 Å². The number of aryl methyl sites for hydroxylation is 1. The molecule has 0 saturated carbocycles. The first-order valence-electron chi connectivity index (χ1n) is 10.6. The second-order valence-electron chi connectivity index (χ2n) is 8.13. The van der Waals surface area contributed by atoms with Crippen molar-refractivity contribution < 1.29 is 14.3 Å². The van der Waals surface area contributed by atoms with Crippen LogP contribution >= 0.6 is 0 Å². The number of rotatable bonds is 6. The highest BCUT2D eigenvalue weighted by Gasteiger charge is 2.26. The molecule has 1 heterocycles. The minimum absolute atomic E-state index is 0.0852. The molecule has 0 bridgehead atoms. The second kappa shape index (κ2) is 9.41. The quantitative estimate of drug-likeness (QED) is 0.637. The molecule has 4 nitrogen and oxygen atoms in total. The summed E-state index contributed by atoms with van der Waals surface area (Å²) >= 11 is 0. The minimum Gasteiger partial charge on any atom is -0.387 e. The van der Waals surface area contributed by atoms with E-state index in [0.717, 1.165) is 36.2 Å². The Hall–Kier alpha value is -3.02. The van der Waals surface area contributed by atoms with Gasteiger partial charge in [0.05, 0.1) is 11.7 Å². The van der Waals surface area contributed by atoms with Crippen molar-refractivity contribution in [1.82, 2.24) is 4.90 Å². The fourth-order valence-corrected chi connectivity index (χ4v) is 4.18. The molecule has 0 fully saturated rings. The van der Waals surface area contributed by atoms with E-state index in [-0.39, 0.29) is 11.5 Å². The summed E-state index contributed by atoms with van der Waals surface area (Å²) in [6.45, 7) is 1.82. The number of aliphatic hydroxyl groups is 1. The summed E-state index contributed by atoms with van der Waals surface area (Å²) in [5, 5.41) is 10.8. The van der Waals surface area contributed by atoms with Crippen molar-refractivity contribution in [3.05, 3.63) is 101 Å². The van der Waals surface area contributed by atoms with Gasteiger partial charge >= 0.3 is 0 Å². The fraction of sp³-hybridized carbons (Fsp3) is 0.269. The van der Waals surface area contributed by atoms with Crippen LogP contribution < -0.4 is 4.90 Å². The zero-order valence-electron chi connectivity index (χ0n) is 17.7. The molecule has 1 amide bonds. The molecule has 0 aliphatic carbocycles. The van der Waals surface area contributed by atoms with E-state index in [4.69, 9.17) is 0 Å². The van der Waals surface area contributed by atoms with Crippen molar-refractivity contribution in [1.29, 1.82) is 0 Å². The first kappa shape index (κ1) is 21.2. The molecule has 0 aromatic heterocycles. The number of likely N-dealkylation sites (N-methyl/N-ethyl adjacent to an activating group) is 1. The van der Waals surface area contributed by atoms with E-state index >= 15 is 0 Å². The van der Waals surface area contributed by atoms with Crippen LogP contribution in [0.4, 0.5) is 10.1 Å². The van der Waals surface area contributed by atoms with E-state index in [1.165, 1.54) is 17.7 Å². The van der Waals surface area contributed by atoms with Crippen molar-refractivity contribution in [2.75, 3.05) is 25.0 Å². The van der Waals surface area contributed by atoms with Gasteiger partial charge in [0.25, 0.3) is 5.91 Å². The maximum Gasteiger partial charge on any atom is 0.261 e. The second-order valence-corrected chi connectivity index (χ2v) is 8.13. The zero-order chi connectivity index (χ0) is 21.8. The molecule has 160 valence electrons. The van der Waals surface area contributed by atoms with Gasteiger partial charge in [-0.25, -0.2) is 4.39 Å². The molecule has 4 rings (SSSR count). The number of fused-ring (bicyclic) bond motifs is 1. The lowest BCUT2D eigenvalue weighted by Crippen LogP contribution is -2.36. The number of hydrogen-bond acceptors (Lipinski definition) is 3. The topological polar surface area (TPSA) is 43.8 Å². The first-order valence-corrected chi connectivity index (χ1v) is 10.6. The Morgan fingerprint density at radius 3 is 2.61 bits per heavy atom. The Balaban J connectivity index is 1.49. The third-order valence-corrected chi connectivity index (χ3v) is 5.74. The molecule has 1 atom stereocenters. The van der Waals surface area contributed by atoms with Crippen LogP contribution in [0.1, 0.15) is 39.6 Å². The van der Waals surface area contributed by atoms with Gasteiger partial charge in [0, 0.05) is 25.3 Å². The third-order valence-electron chi connectivity index (χ3n) is 5.74. The smallest absolute Gasteiger partial charge is 0.261 e. The highest BCUT2D eigenvalue weighted by Crippen LogP contribution is 2.31. The van der Waals surface area contributed by atoms with Gasteiger partial charge in [0.2, 0.25) is 0 Å². The summed E-state index contributed by atoms with van der Waals surface area (Å²) in [4.78, 5) is 16.7. The Kier molecular flexibility index (Phi) is 6.44. The number of amides is 1. The maximum absolute atomic E-state index is 14.1. The van der Waals surface area contributed by atoms with E-state index in [1.807, 2.05) is 43.4 Å². The molecule has 3 aromatic carbocycles. The predicted octanol–water partition coefficient (Wildman–Crippen LogP) is 4.58. The van der Waals surface area contributed by atoms with Crippen molar-refractivity contribution in [3.63, 3.8) is 0 Å². The molecule has 0 spiro atoms. The third kappa shape index (κ3) is 4.84. The molecule has 1 aliphatic heterocycles. The average molecular weight is 419 g/mol. The van der Waals surface area contributed by atoms with Crippen LogP contribution in [0.15, 0.2) is 72.8 Å². The van der Waals surface area contributed by atoms with Crippen molar-refractivity contribution >= 4 is 11.6 Å². The largest absolute Gasteiger partial charge is 0.387 e. The number of nitrogens with zero attached hydrogens (tertiary/aromatic N) is 2. The van der Waals surface area contributed by atoms with Gasteiger partial charge < -0.3 is 10.0 Å². The van der Waals surface area contributed by atoms with E-state index in [0.29, 0.717) is 13.1 Å². The van der Waals surface area contributed by atoms with E-state index < -0.39 is 11.9 Å². The predicted molar refractivity (Wildman–Crippen MR) is 121 cm³/mol. The summed E-state index contributed by atoms with van der Waals surface area (Å²) in [5.74, 6) is -0.830. The van der Waals surface area contributed by atoms with Gasteiger partial charge in [-0.05, 0) is 54.8 Å². The van der Waals surface area contributed by atoms with Crippen LogP contribution in [0.5, 0.6) is 0 Å². The SMILES string of the molecule is CN(Cc1ccccc1)C[C@@H](O)c1ccc2c(c1)CCCN2C(=O)c1ccccc1F. The number of benzene rings is 3. The lowest BCUT2D eigenvalue weighted by Gasteiger charge is -2.30. The minimum atomic E-state index is -0.628. The fourth-order valence-electron chi connectivity index (χ4n) is 4.18. The van der Waals surface area contributed by atoms with E-state index in [2.05, 4.69) is 17.0 Å². The van der Waals surface area contributed by atoms with Gasteiger partial charge in [-0.2, -0.15) is 0 Å². The molecule has 1 N–H and O–H groups in total. The Morgan fingerprint density at radius 1 is 1.10 bits per heavy atom. The highest BCUT2D eigenvalue weighted by molar-refractivity contribution is 6.06. The van der Waals surface area contributed by atoms with Crippen molar-refractivity contribution in [3.8, 4) is 0 Å². The van der Waals surface area contributed by atoms with E-state index in [1.54, 1.807) is 17.0 Å². The number of carbonyl (C=O) groups excluding carboxylic acids is 1. The standard InChI is InChI=1S/C26H27FN2O2/c1-28(17-19-8-3-2-4-9-19)18-25(30)21-13-14-24-20(16-21)10-7-15-29(24)26(31)22-11-5-6-12-23(22)27/h2-6,8-9,11-14,16,25,30H,7,10,15,17-18H2,1H3/t25-/m1/s1. The van der Waals surface area contributed by atoms with Gasteiger partial charge in [-0.1, -0.05) is 54.6 Å². The number of carbonyl (C=O) groups is 1. The van der Waals surface area contributed by atoms with Gasteiger partial charge in [-0.15, -0.1) is 0 Å². The van der Waals surface area contributed by atoms with Crippen LogP contribution in [-0.2, 0) is 13.0 Å². The Bertz CT molecular complexity index is 1050. The summed E-state index contributed by atoms with van der Waals surface area (Å²) < 4.78 is 14.1. The summed E-state index contributed by atoms with van der Waals surface area (Å²) in [6.07, 6.45) is 1.01. The van der Waals surface area contributed by atoms with Crippen molar-refractivity contribution in [2.24, 2.45) is 0 Å². The Morgan fingerprint density at radius 2 is 1.84 bits per heavy atom. The first-order chi connectivity index (χ1) is 15.0. The molecule has 3 aromatic rings. The lowest BCUT2D eigenvalue weighted by atomic mass is 9.96. The molecular formula is C26H27FN2O2. The molecule has 0 saturated heterocycles. The van der Waals surface area contributed by atoms with Crippen LogP contribution in [-0.4, -0.2) is 36.1 Å². The molecule has 1 aliphatic rings.